The van der Waals surface area contributed by atoms with E-state index in [0.29, 0.717) is 11.8 Å². The number of nitro groups is 1. The van der Waals surface area contributed by atoms with Gasteiger partial charge in [-0.15, -0.1) is 0 Å². The Morgan fingerprint density at radius 3 is 2.61 bits per heavy atom. The van der Waals surface area contributed by atoms with Crippen molar-refractivity contribution in [2.45, 2.75) is 26.7 Å². The molecule has 0 N–H and O–H groups in total. The Labute approximate surface area is 136 Å². The van der Waals surface area contributed by atoms with Gasteiger partial charge in [-0.25, -0.2) is 0 Å². The normalized spacial score (nSPS) is 31.4. The van der Waals surface area contributed by atoms with Crippen LogP contribution in [-0.2, 0) is 4.79 Å². The number of carbonyl (C=O) groups excluding carboxylic acids is 1. The van der Waals surface area contributed by atoms with Gasteiger partial charge in [0.2, 0.25) is 0 Å². The van der Waals surface area contributed by atoms with Crippen molar-refractivity contribution in [2.24, 2.45) is 23.7 Å². The van der Waals surface area contributed by atoms with Crippen molar-refractivity contribution in [1.82, 2.24) is 0 Å². The predicted molar refractivity (Wildman–Crippen MR) is 89.8 cm³/mol. The molecule has 1 fully saturated rings. The van der Waals surface area contributed by atoms with Crippen molar-refractivity contribution < 1.29 is 9.72 Å². The van der Waals surface area contributed by atoms with E-state index in [4.69, 9.17) is 0 Å². The van der Waals surface area contributed by atoms with Crippen LogP contribution in [0.2, 0.25) is 0 Å². The summed E-state index contributed by atoms with van der Waals surface area (Å²) in [5.74, 6) is 1.33. The Morgan fingerprint density at radius 1 is 1.30 bits per heavy atom. The van der Waals surface area contributed by atoms with Gasteiger partial charge < -0.3 is 0 Å². The van der Waals surface area contributed by atoms with Gasteiger partial charge in [0.15, 0.2) is 5.78 Å². The highest BCUT2D eigenvalue weighted by Gasteiger charge is 2.46. The molecule has 120 valence electrons. The first-order valence-electron chi connectivity index (χ1n) is 8.19. The molecule has 2 aliphatic carbocycles. The maximum absolute atomic E-state index is 12.9. The maximum Gasteiger partial charge on any atom is 0.269 e. The van der Waals surface area contributed by atoms with Crippen LogP contribution in [0.4, 0.5) is 5.69 Å². The molecule has 0 amide bonds. The SMILES string of the molecule is CCC1C=CCC2C1C(=O)/C(=C/c1ccc([N+](=O)[O-])cc1)[C@H]2C. The largest absolute Gasteiger partial charge is 0.294 e. The first-order valence-corrected chi connectivity index (χ1v) is 8.19. The molecule has 0 spiro atoms. The van der Waals surface area contributed by atoms with E-state index in [-0.39, 0.29) is 23.3 Å². The van der Waals surface area contributed by atoms with Gasteiger partial charge in [-0.2, -0.15) is 0 Å². The molecule has 3 rings (SSSR count). The Balaban J connectivity index is 1.91. The molecule has 0 saturated heterocycles. The summed E-state index contributed by atoms with van der Waals surface area (Å²) in [5.41, 5.74) is 1.79. The number of non-ortho nitro benzene ring substituents is 1. The Hall–Kier alpha value is -2.23. The highest BCUT2D eigenvalue weighted by Crippen LogP contribution is 2.48. The molecular formula is C19H21NO3. The Bertz CT molecular complexity index is 687. The lowest BCUT2D eigenvalue weighted by molar-refractivity contribution is -0.384. The van der Waals surface area contributed by atoms with Crippen LogP contribution in [0, 0.1) is 33.8 Å². The van der Waals surface area contributed by atoms with Crippen LogP contribution < -0.4 is 0 Å². The van der Waals surface area contributed by atoms with E-state index in [1.807, 2.05) is 6.08 Å². The molecule has 0 aliphatic heterocycles. The third-order valence-corrected chi connectivity index (χ3v) is 5.33. The van der Waals surface area contributed by atoms with E-state index in [9.17, 15) is 14.9 Å². The van der Waals surface area contributed by atoms with Crippen molar-refractivity contribution >= 4 is 17.5 Å². The summed E-state index contributed by atoms with van der Waals surface area (Å²) in [7, 11) is 0. The average Bonchev–Trinajstić information content (AvgIpc) is 2.80. The number of benzene rings is 1. The monoisotopic (exact) mass is 311 g/mol. The summed E-state index contributed by atoms with van der Waals surface area (Å²) in [5, 5.41) is 10.7. The molecule has 0 aromatic heterocycles. The lowest BCUT2D eigenvalue weighted by Gasteiger charge is -2.29. The zero-order valence-corrected chi connectivity index (χ0v) is 13.4. The van der Waals surface area contributed by atoms with E-state index in [1.54, 1.807) is 12.1 Å². The molecule has 1 aromatic carbocycles. The van der Waals surface area contributed by atoms with Gasteiger partial charge in [0.1, 0.15) is 0 Å². The summed E-state index contributed by atoms with van der Waals surface area (Å²) in [6, 6.07) is 6.39. The first-order chi connectivity index (χ1) is 11.0. The third-order valence-electron chi connectivity index (χ3n) is 5.33. The number of fused-ring (bicyclic) bond motifs is 1. The van der Waals surface area contributed by atoms with E-state index >= 15 is 0 Å². The summed E-state index contributed by atoms with van der Waals surface area (Å²) in [4.78, 5) is 23.2. The quantitative estimate of drug-likeness (QED) is 0.359. The fourth-order valence-corrected chi connectivity index (χ4v) is 4.01. The predicted octanol–water partition coefficient (Wildman–Crippen LogP) is 4.42. The molecule has 3 unspecified atom stereocenters. The van der Waals surface area contributed by atoms with Gasteiger partial charge in [0.25, 0.3) is 5.69 Å². The molecule has 0 bridgehead atoms. The number of ketones is 1. The molecule has 23 heavy (non-hydrogen) atoms. The number of nitrogens with zero attached hydrogens (tertiary/aromatic N) is 1. The summed E-state index contributed by atoms with van der Waals surface area (Å²) in [6.07, 6.45) is 8.28. The van der Waals surface area contributed by atoms with Gasteiger partial charge in [-0.3, -0.25) is 14.9 Å². The van der Waals surface area contributed by atoms with E-state index in [0.717, 1.165) is 24.0 Å². The minimum atomic E-state index is -0.410. The molecule has 2 aliphatic rings. The van der Waals surface area contributed by atoms with E-state index < -0.39 is 4.92 Å². The van der Waals surface area contributed by atoms with Crippen molar-refractivity contribution in [3.63, 3.8) is 0 Å². The number of allylic oxidation sites excluding steroid dienone is 3. The second-order valence-corrected chi connectivity index (χ2v) is 6.53. The van der Waals surface area contributed by atoms with Crippen LogP contribution in [-0.4, -0.2) is 10.7 Å². The van der Waals surface area contributed by atoms with Crippen molar-refractivity contribution in [3.8, 4) is 0 Å². The molecule has 1 aromatic rings. The zero-order chi connectivity index (χ0) is 16.6. The van der Waals surface area contributed by atoms with Gasteiger partial charge in [0, 0.05) is 18.1 Å². The van der Waals surface area contributed by atoms with Gasteiger partial charge in [-0.05, 0) is 59.9 Å². The highest BCUT2D eigenvalue weighted by atomic mass is 16.6. The van der Waals surface area contributed by atoms with Crippen LogP contribution in [0.15, 0.2) is 42.0 Å². The van der Waals surface area contributed by atoms with Crippen molar-refractivity contribution in [1.29, 1.82) is 0 Å². The zero-order valence-electron chi connectivity index (χ0n) is 13.4. The number of Topliss-reactive ketones (excluding diaryl/α,β-unsaturated/α-hetero) is 1. The van der Waals surface area contributed by atoms with Crippen molar-refractivity contribution in [2.75, 3.05) is 0 Å². The van der Waals surface area contributed by atoms with Crippen LogP contribution in [0.1, 0.15) is 32.3 Å². The summed E-state index contributed by atoms with van der Waals surface area (Å²) in [6.45, 7) is 4.26. The van der Waals surface area contributed by atoms with E-state index in [1.165, 1.54) is 12.1 Å². The van der Waals surface area contributed by atoms with Crippen LogP contribution in [0.3, 0.4) is 0 Å². The standard InChI is InChI=1S/C19H21NO3/c1-3-14-5-4-6-16-12(2)17(19(21)18(14)16)11-13-7-9-15(10-8-13)20(22)23/h4-5,7-12,14,16,18H,3,6H2,1-2H3/b17-11+/t12-,14?,16?,18?/m0/s1. The minimum absolute atomic E-state index is 0.0712. The Morgan fingerprint density at radius 2 is 2.00 bits per heavy atom. The van der Waals surface area contributed by atoms with Gasteiger partial charge in [-0.1, -0.05) is 26.0 Å². The van der Waals surface area contributed by atoms with Crippen LogP contribution >= 0.6 is 0 Å². The molecule has 4 heteroatoms. The van der Waals surface area contributed by atoms with Crippen LogP contribution in [0.5, 0.6) is 0 Å². The smallest absolute Gasteiger partial charge is 0.269 e. The lowest BCUT2D eigenvalue weighted by Crippen LogP contribution is -2.26. The summed E-state index contributed by atoms with van der Waals surface area (Å²) < 4.78 is 0. The maximum atomic E-state index is 12.9. The lowest BCUT2D eigenvalue weighted by atomic mass is 9.74. The Kier molecular flexibility index (Phi) is 4.16. The molecule has 0 heterocycles. The van der Waals surface area contributed by atoms with E-state index in [2.05, 4.69) is 26.0 Å². The minimum Gasteiger partial charge on any atom is -0.294 e. The molecule has 4 nitrogen and oxygen atoms in total. The summed E-state index contributed by atoms with van der Waals surface area (Å²) >= 11 is 0. The second kappa shape index (κ2) is 6.11. The van der Waals surface area contributed by atoms with Crippen LogP contribution in [0.25, 0.3) is 6.08 Å². The molecular weight excluding hydrogens is 290 g/mol. The third kappa shape index (κ3) is 2.74. The fraction of sp³-hybridized carbons (Fsp3) is 0.421. The number of hydrogen-bond acceptors (Lipinski definition) is 3. The highest BCUT2D eigenvalue weighted by molar-refractivity contribution is 6.04. The molecule has 0 radical (unpaired) electrons. The first kappa shape index (κ1) is 15.7. The van der Waals surface area contributed by atoms with Gasteiger partial charge in [0.05, 0.1) is 4.92 Å². The number of hydrogen-bond donors (Lipinski definition) is 0. The van der Waals surface area contributed by atoms with Crippen molar-refractivity contribution in [3.05, 3.63) is 57.7 Å². The number of nitro benzene ring substituents is 1. The number of rotatable bonds is 3. The second-order valence-electron chi connectivity index (χ2n) is 6.53. The molecule has 1 saturated carbocycles. The number of carbonyl (C=O) groups is 1. The topological polar surface area (TPSA) is 60.2 Å². The average molecular weight is 311 g/mol. The van der Waals surface area contributed by atoms with Gasteiger partial charge >= 0.3 is 0 Å². The molecule has 4 atom stereocenters. The fourth-order valence-electron chi connectivity index (χ4n) is 4.01.